The zero-order valence-electron chi connectivity index (χ0n) is 29.5. The average molecular weight is 700 g/mol. The van der Waals surface area contributed by atoms with Crippen LogP contribution in [-0.2, 0) is 0 Å². The fourth-order valence-electron chi connectivity index (χ4n) is 8.91. The van der Waals surface area contributed by atoms with Gasteiger partial charge in [0.15, 0.2) is 0 Å². The van der Waals surface area contributed by atoms with E-state index in [-0.39, 0.29) is 0 Å². The van der Waals surface area contributed by atoms with E-state index in [0.717, 1.165) is 82.8 Å². The van der Waals surface area contributed by atoms with Gasteiger partial charge in [0.2, 0.25) is 0 Å². The quantitative estimate of drug-likeness (QED) is 0.184. The summed E-state index contributed by atoms with van der Waals surface area (Å²) in [6, 6.07) is 65.9. The summed E-state index contributed by atoms with van der Waals surface area (Å²) in [7, 11) is 0. The average Bonchev–Trinajstić information content (AvgIpc) is 3.89. The van der Waals surface area contributed by atoms with Crippen molar-refractivity contribution in [2.45, 2.75) is 0 Å². The Morgan fingerprint density at radius 2 is 0.818 bits per heavy atom. The number of fused-ring (bicyclic) bond motifs is 9. The Kier molecular flexibility index (Phi) is 6.61. The van der Waals surface area contributed by atoms with E-state index >= 15 is 0 Å². The van der Waals surface area contributed by atoms with E-state index in [1.54, 1.807) is 0 Å². The number of para-hydroxylation sites is 5. The molecule has 0 radical (unpaired) electrons. The van der Waals surface area contributed by atoms with Gasteiger partial charge in [0.25, 0.3) is 0 Å². The topological polar surface area (TPSA) is 62.4 Å². The Labute approximate surface area is 316 Å². The lowest BCUT2D eigenvalue weighted by Gasteiger charge is -2.19. The van der Waals surface area contributed by atoms with Crippen LogP contribution in [-0.4, -0.2) is 13.7 Å². The van der Waals surface area contributed by atoms with Gasteiger partial charge in [0.05, 0.1) is 67.7 Å². The lowest BCUT2D eigenvalue weighted by molar-refractivity contribution is 1.15. The maximum Gasteiger partial charge on any atom is 0.0998 e. The summed E-state index contributed by atoms with van der Waals surface area (Å²) >= 11 is 0. The van der Waals surface area contributed by atoms with E-state index in [0.29, 0.717) is 11.1 Å². The van der Waals surface area contributed by atoms with Crippen LogP contribution in [0.25, 0.3) is 93.6 Å². The van der Waals surface area contributed by atoms with Gasteiger partial charge in [-0.05, 0) is 66.7 Å². The predicted octanol–water partition coefficient (Wildman–Crippen LogP) is 12.4. The van der Waals surface area contributed by atoms with Crippen molar-refractivity contribution in [2.75, 3.05) is 0 Å². The minimum Gasteiger partial charge on any atom is -0.309 e. The Hall–Kier alpha value is -7.86. The fraction of sp³-hybridized carbons (Fsp3) is 0. The van der Waals surface area contributed by atoms with Crippen LogP contribution in [0.15, 0.2) is 176 Å². The highest BCUT2D eigenvalue weighted by Gasteiger charge is 2.23. The second-order valence-corrected chi connectivity index (χ2v) is 13.9. The van der Waals surface area contributed by atoms with Crippen LogP contribution in [0, 0.1) is 22.7 Å². The van der Waals surface area contributed by atoms with Crippen LogP contribution >= 0.6 is 0 Å². The maximum atomic E-state index is 10.8. The number of hydrogen-bond acceptors (Lipinski definition) is 2. The lowest BCUT2D eigenvalue weighted by atomic mass is 9.96. The van der Waals surface area contributed by atoms with Gasteiger partial charge < -0.3 is 13.7 Å². The molecule has 0 atom stereocenters. The highest BCUT2D eigenvalue weighted by molar-refractivity contribution is 6.14. The molecule has 0 aliphatic carbocycles. The molecule has 5 heteroatoms. The summed E-state index contributed by atoms with van der Waals surface area (Å²) in [6.07, 6.45) is 0. The first-order valence-corrected chi connectivity index (χ1v) is 18.3. The largest absolute Gasteiger partial charge is 0.309 e. The second-order valence-electron chi connectivity index (χ2n) is 13.9. The lowest BCUT2D eigenvalue weighted by Crippen LogP contribution is -2.03. The second kappa shape index (κ2) is 11.8. The SMILES string of the molecule is N#Cc1cccc(-n2c3ccccc3c3c(C#N)cccc32)c1-c1ccccc1-n1c2ccccc2c2ccc(-n3c4ccccc4c4ccccc43)cc21. The third kappa shape index (κ3) is 4.33. The van der Waals surface area contributed by atoms with Gasteiger partial charge in [-0.1, -0.05) is 109 Å². The Morgan fingerprint density at radius 3 is 1.49 bits per heavy atom. The predicted molar refractivity (Wildman–Crippen MR) is 224 cm³/mol. The monoisotopic (exact) mass is 699 g/mol. The van der Waals surface area contributed by atoms with Crippen LogP contribution in [0.1, 0.15) is 11.1 Å². The number of aromatic nitrogens is 3. The normalized spacial score (nSPS) is 11.6. The van der Waals surface area contributed by atoms with Crippen molar-refractivity contribution >= 4 is 65.4 Å². The van der Waals surface area contributed by atoms with Crippen LogP contribution in [0.3, 0.4) is 0 Å². The molecule has 3 aromatic heterocycles. The molecular weight excluding hydrogens is 671 g/mol. The molecule has 0 aliphatic heterocycles. The summed E-state index contributed by atoms with van der Waals surface area (Å²) in [5.74, 6) is 0. The number of nitriles is 2. The molecule has 8 aromatic carbocycles. The molecule has 11 aromatic rings. The molecule has 0 saturated heterocycles. The van der Waals surface area contributed by atoms with Crippen molar-refractivity contribution in [3.8, 4) is 40.3 Å². The Balaban J connectivity index is 1.23. The summed E-state index contributed by atoms with van der Waals surface area (Å²) in [5, 5.41) is 27.6. The van der Waals surface area contributed by atoms with E-state index < -0.39 is 0 Å². The van der Waals surface area contributed by atoms with E-state index in [9.17, 15) is 10.5 Å². The van der Waals surface area contributed by atoms with Gasteiger partial charge in [-0.3, -0.25) is 0 Å². The molecule has 0 aliphatic rings. The fourth-order valence-corrected chi connectivity index (χ4v) is 8.91. The third-order valence-corrected chi connectivity index (χ3v) is 11.1. The van der Waals surface area contributed by atoms with Crippen LogP contribution in [0.5, 0.6) is 0 Å². The van der Waals surface area contributed by atoms with Gasteiger partial charge >= 0.3 is 0 Å². The highest BCUT2D eigenvalue weighted by atomic mass is 15.0. The Bertz CT molecular complexity index is 3420. The molecule has 0 N–H and O–H groups in total. The summed E-state index contributed by atoms with van der Waals surface area (Å²) < 4.78 is 6.93. The van der Waals surface area contributed by atoms with Crippen LogP contribution < -0.4 is 0 Å². The molecule has 0 unspecified atom stereocenters. The van der Waals surface area contributed by atoms with Gasteiger partial charge in [-0.15, -0.1) is 0 Å². The van der Waals surface area contributed by atoms with E-state index in [1.165, 1.54) is 10.8 Å². The third-order valence-electron chi connectivity index (χ3n) is 11.1. The molecule has 0 bridgehead atoms. The van der Waals surface area contributed by atoms with Gasteiger partial charge in [0.1, 0.15) is 0 Å². The van der Waals surface area contributed by atoms with Crippen molar-refractivity contribution < 1.29 is 0 Å². The van der Waals surface area contributed by atoms with Crippen molar-refractivity contribution in [3.05, 3.63) is 187 Å². The maximum absolute atomic E-state index is 10.8. The molecule has 55 heavy (non-hydrogen) atoms. The van der Waals surface area contributed by atoms with E-state index in [4.69, 9.17) is 0 Å². The molecule has 5 nitrogen and oxygen atoms in total. The zero-order valence-corrected chi connectivity index (χ0v) is 29.5. The van der Waals surface area contributed by atoms with Crippen molar-refractivity contribution in [3.63, 3.8) is 0 Å². The molecule has 0 fully saturated rings. The van der Waals surface area contributed by atoms with Gasteiger partial charge in [-0.25, -0.2) is 0 Å². The van der Waals surface area contributed by atoms with E-state index in [1.807, 2.05) is 42.5 Å². The number of benzene rings is 8. The first-order valence-electron chi connectivity index (χ1n) is 18.3. The van der Waals surface area contributed by atoms with Crippen LogP contribution in [0.4, 0.5) is 0 Å². The molecule has 0 spiro atoms. The summed E-state index contributed by atoms with van der Waals surface area (Å²) in [4.78, 5) is 0. The number of nitrogens with zero attached hydrogens (tertiary/aromatic N) is 5. The first kappa shape index (κ1) is 30.7. The molecule has 3 heterocycles. The van der Waals surface area contributed by atoms with Crippen LogP contribution in [0.2, 0.25) is 0 Å². The molecule has 254 valence electrons. The molecule has 0 amide bonds. The first-order chi connectivity index (χ1) is 27.2. The minimum absolute atomic E-state index is 0.569. The van der Waals surface area contributed by atoms with Gasteiger partial charge in [-0.2, -0.15) is 10.5 Å². The Morgan fingerprint density at radius 1 is 0.345 bits per heavy atom. The van der Waals surface area contributed by atoms with Crippen molar-refractivity contribution in [2.24, 2.45) is 0 Å². The van der Waals surface area contributed by atoms with Gasteiger partial charge in [0, 0.05) is 49.1 Å². The summed E-state index contributed by atoms with van der Waals surface area (Å²) in [6.45, 7) is 0. The molecule has 0 saturated carbocycles. The van der Waals surface area contributed by atoms with Crippen molar-refractivity contribution in [1.82, 2.24) is 13.7 Å². The summed E-state index contributed by atoms with van der Waals surface area (Å²) in [5.41, 5.74) is 12.2. The smallest absolute Gasteiger partial charge is 0.0998 e. The number of hydrogen-bond donors (Lipinski definition) is 0. The van der Waals surface area contributed by atoms with Crippen molar-refractivity contribution in [1.29, 1.82) is 10.5 Å². The molecular formula is C50H29N5. The molecule has 11 rings (SSSR count). The number of rotatable bonds is 4. The zero-order chi connectivity index (χ0) is 36.6. The van der Waals surface area contributed by atoms with E-state index in [2.05, 4.69) is 159 Å². The minimum atomic E-state index is 0.569. The highest BCUT2D eigenvalue weighted by Crippen LogP contribution is 2.43. The standard InChI is InChI=1S/C50H29N5/c51-30-32-13-11-25-46(55-45-24-10-5-19-40(45)50-33(31-52)14-12-26-47(50)55)49(32)39-18-4-9-23-44(39)54-43-22-8-3-17-37(43)38-28-27-34(29-48(38)54)53-41-20-6-1-15-35(41)36-16-2-7-21-42(36)53/h1-29H.